The second-order valence-corrected chi connectivity index (χ2v) is 5.90. The van der Waals surface area contributed by atoms with Gasteiger partial charge >= 0.3 is 0 Å². The molecular formula is C14H13F2N5O2S. The lowest BCUT2D eigenvalue weighted by atomic mass is 10.1. The standard InChI is InChI=1S/C14H13F2N5O2S/c1-23-11-5-4-10(24-11)8-2-3-9(17-6-8)12(13(22)14(15)16)21-7-18-19-20-21/h2-7,12-14,22H,1H3. The molecule has 0 aliphatic rings. The first-order valence-corrected chi connectivity index (χ1v) is 7.70. The summed E-state index contributed by atoms with van der Waals surface area (Å²) in [6.45, 7) is 0. The number of pyridine rings is 1. The van der Waals surface area contributed by atoms with Gasteiger partial charge in [0.05, 0.1) is 12.8 Å². The highest BCUT2D eigenvalue weighted by molar-refractivity contribution is 7.17. The number of rotatable bonds is 6. The summed E-state index contributed by atoms with van der Waals surface area (Å²) < 4.78 is 32.1. The van der Waals surface area contributed by atoms with Crippen molar-refractivity contribution < 1.29 is 18.6 Å². The summed E-state index contributed by atoms with van der Waals surface area (Å²) in [7, 11) is 1.58. The normalized spacial score (nSPS) is 13.9. The molecule has 2 atom stereocenters. The van der Waals surface area contributed by atoms with Crippen LogP contribution in [0.2, 0.25) is 0 Å². The summed E-state index contributed by atoms with van der Waals surface area (Å²) in [6.07, 6.45) is -2.22. The molecule has 3 heterocycles. The number of thiophene rings is 1. The van der Waals surface area contributed by atoms with Gasteiger partial charge in [0.15, 0.2) is 5.06 Å². The first-order valence-electron chi connectivity index (χ1n) is 6.89. The number of methoxy groups -OCH3 is 1. The SMILES string of the molecule is COc1ccc(-c2ccc(C(C(O)C(F)F)n3cnnn3)nc2)s1. The fourth-order valence-corrected chi connectivity index (χ4v) is 3.02. The Hall–Kier alpha value is -2.46. The Morgan fingerprint density at radius 3 is 2.62 bits per heavy atom. The van der Waals surface area contributed by atoms with Gasteiger partial charge in [-0.2, -0.15) is 0 Å². The van der Waals surface area contributed by atoms with E-state index in [0.717, 1.165) is 26.5 Å². The number of aromatic nitrogens is 5. The van der Waals surface area contributed by atoms with E-state index in [-0.39, 0.29) is 5.69 Å². The minimum Gasteiger partial charge on any atom is -0.487 e. The summed E-state index contributed by atoms with van der Waals surface area (Å²) in [5.74, 6) is 0. The Balaban J connectivity index is 1.91. The van der Waals surface area contributed by atoms with E-state index in [9.17, 15) is 13.9 Å². The van der Waals surface area contributed by atoms with Crippen molar-refractivity contribution in [1.29, 1.82) is 0 Å². The molecule has 0 spiro atoms. The summed E-state index contributed by atoms with van der Waals surface area (Å²) in [4.78, 5) is 5.14. The van der Waals surface area contributed by atoms with E-state index in [1.54, 1.807) is 25.4 Å². The van der Waals surface area contributed by atoms with E-state index in [1.165, 1.54) is 11.3 Å². The lowest BCUT2D eigenvalue weighted by Crippen LogP contribution is -2.32. The molecule has 24 heavy (non-hydrogen) atoms. The molecule has 7 nitrogen and oxygen atoms in total. The summed E-state index contributed by atoms with van der Waals surface area (Å²) >= 11 is 1.44. The zero-order valence-electron chi connectivity index (χ0n) is 12.5. The van der Waals surface area contributed by atoms with E-state index >= 15 is 0 Å². The predicted octanol–water partition coefficient (Wildman–Crippen LogP) is 2.02. The molecule has 0 saturated carbocycles. The van der Waals surface area contributed by atoms with E-state index in [1.807, 2.05) is 12.1 Å². The molecule has 0 aliphatic carbocycles. The molecule has 3 rings (SSSR count). The number of tetrazole rings is 1. The second-order valence-electron chi connectivity index (χ2n) is 4.85. The highest BCUT2D eigenvalue weighted by Crippen LogP contribution is 2.33. The van der Waals surface area contributed by atoms with Crippen molar-refractivity contribution in [1.82, 2.24) is 25.2 Å². The van der Waals surface area contributed by atoms with E-state index in [0.29, 0.717) is 0 Å². The van der Waals surface area contributed by atoms with Crippen LogP contribution in [0.3, 0.4) is 0 Å². The van der Waals surface area contributed by atoms with Crippen LogP contribution in [0.15, 0.2) is 36.8 Å². The highest BCUT2D eigenvalue weighted by Gasteiger charge is 2.32. The lowest BCUT2D eigenvalue weighted by molar-refractivity contribution is -0.0292. The molecule has 0 radical (unpaired) electrons. The summed E-state index contributed by atoms with van der Waals surface area (Å²) in [5.41, 5.74) is 1.05. The van der Waals surface area contributed by atoms with E-state index in [2.05, 4.69) is 20.5 Å². The Bertz CT molecular complexity index is 779. The fourth-order valence-electron chi connectivity index (χ4n) is 2.21. The molecular weight excluding hydrogens is 340 g/mol. The second kappa shape index (κ2) is 6.97. The highest BCUT2D eigenvalue weighted by atomic mass is 32.1. The number of alkyl halides is 2. The third kappa shape index (κ3) is 3.24. The van der Waals surface area contributed by atoms with Crippen molar-refractivity contribution in [3.8, 4) is 15.5 Å². The molecule has 3 aromatic rings. The zero-order chi connectivity index (χ0) is 17.1. The van der Waals surface area contributed by atoms with Crippen LogP contribution in [-0.4, -0.2) is 49.9 Å². The van der Waals surface area contributed by atoms with Crippen LogP contribution >= 0.6 is 11.3 Å². The summed E-state index contributed by atoms with van der Waals surface area (Å²) in [6, 6.07) is 5.85. The Morgan fingerprint density at radius 1 is 1.25 bits per heavy atom. The maximum Gasteiger partial charge on any atom is 0.266 e. The van der Waals surface area contributed by atoms with Crippen LogP contribution in [0, 0.1) is 0 Å². The smallest absolute Gasteiger partial charge is 0.266 e. The summed E-state index contributed by atoms with van der Waals surface area (Å²) in [5, 5.41) is 21.0. The lowest BCUT2D eigenvalue weighted by Gasteiger charge is -2.21. The molecule has 0 saturated heterocycles. The van der Waals surface area contributed by atoms with Crippen LogP contribution in [0.1, 0.15) is 11.7 Å². The van der Waals surface area contributed by atoms with Gasteiger partial charge < -0.3 is 9.84 Å². The molecule has 3 aromatic heterocycles. The van der Waals surface area contributed by atoms with Gasteiger partial charge in [0.2, 0.25) is 0 Å². The van der Waals surface area contributed by atoms with Crippen molar-refractivity contribution in [2.75, 3.05) is 7.11 Å². The number of ether oxygens (including phenoxy) is 1. The average Bonchev–Trinajstić information content (AvgIpc) is 3.27. The molecule has 0 bridgehead atoms. The number of aliphatic hydroxyl groups excluding tert-OH is 1. The number of halogens is 2. The minimum atomic E-state index is -2.96. The monoisotopic (exact) mass is 353 g/mol. The molecule has 0 fully saturated rings. The third-order valence-electron chi connectivity index (χ3n) is 3.39. The Labute approximate surface area is 139 Å². The zero-order valence-corrected chi connectivity index (χ0v) is 13.3. The number of hydrogen-bond donors (Lipinski definition) is 1. The van der Waals surface area contributed by atoms with Gasteiger partial charge in [0.1, 0.15) is 18.5 Å². The van der Waals surface area contributed by atoms with Crippen LogP contribution in [0.4, 0.5) is 8.78 Å². The van der Waals surface area contributed by atoms with Crippen LogP contribution in [-0.2, 0) is 0 Å². The third-order valence-corrected chi connectivity index (χ3v) is 4.48. The van der Waals surface area contributed by atoms with Gasteiger partial charge in [0, 0.05) is 16.6 Å². The fraction of sp³-hybridized carbons (Fsp3) is 0.286. The van der Waals surface area contributed by atoms with Gasteiger partial charge in [-0.25, -0.2) is 13.5 Å². The van der Waals surface area contributed by atoms with Gasteiger partial charge in [-0.3, -0.25) is 4.98 Å². The van der Waals surface area contributed by atoms with Crippen LogP contribution in [0.25, 0.3) is 10.4 Å². The minimum absolute atomic E-state index is 0.238. The van der Waals surface area contributed by atoms with Crippen LogP contribution < -0.4 is 4.74 Å². The first-order chi connectivity index (χ1) is 11.6. The average molecular weight is 353 g/mol. The maximum atomic E-state index is 13.0. The predicted molar refractivity (Wildman–Crippen MR) is 82.1 cm³/mol. The molecule has 10 heteroatoms. The number of nitrogens with zero attached hydrogens (tertiary/aromatic N) is 5. The van der Waals surface area contributed by atoms with Crippen molar-refractivity contribution in [2.24, 2.45) is 0 Å². The van der Waals surface area contributed by atoms with Gasteiger partial charge in [-0.15, -0.1) is 5.10 Å². The van der Waals surface area contributed by atoms with Gasteiger partial charge in [-0.1, -0.05) is 17.4 Å². The molecule has 0 amide bonds. The first kappa shape index (κ1) is 16.4. The maximum absolute atomic E-state index is 13.0. The van der Waals surface area contributed by atoms with Crippen molar-refractivity contribution in [2.45, 2.75) is 18.6 Å². The van der Waals surface area contributed by atoms with Gasteiger partial charge in [-0.05, 0) is 28.6 Å². The Kier molecular flexibility index (Phi) is 4.76. The van der Waals surface area contributed by atoms with Crippen molar-refractivity contribution in [3.05, 3.63) is 42.5 Å². The number of hydrogen-bond acceptors (Lipinski definition) is 7. The van der Waals surface area contributed by atoms with E-state index < -0.39 is 18.6 Å². The van der Waals surface area contributed by atoms with Crippen molar-refractivity contribution >= 4 is 11.3 Å². The van der Waals surface area contributed by atoms with Crippen molar-refractivity contribution in [3.63, 3.8) is 0 Å². The molecule has 2 unspecified atom stereocenters. The molecule has 1 N–H and O–H groups in total. The van der Waals surface area contributed by atoms with Crippen LogP contribution in [0.5, 0.6) is 5.06 Å². The number of aliphatic hydroxyl groups is 1. The molecule has 126 valence electrons. The molecule has 0 aliphatic heterocycles. The Morgan fingerprint density at radius 2 is 2.08 bits per heavy atom. The largest absolute Gasteiger partial charge is 0.487 e. The van der Waals surface area contributed by atoms with E-state index in [4.69, 9.17) is 4.74 Å². The molecule has 0 aromatic carbocycles. The quantitative estimate of drug-likeness (QED) is 0.730. The van der Waals surface area contributed by atoms with Gasteiger partial charge in [0.25, 0.3) is 6.43 Å². The topological polar surface area (TPSA) is 86.0 Å².